The van der Waals surface area contributed by atoms with Crippen LogP contribution in [0.4, 0.5) is 17.1 Å². The van der Waals surface area contributed by atoms with Crippen LogP contribution < -0.4 is 4.90 Å². The van der Waals surface area contributed by atoms with Crippen LogP contribution in [0.25, 0.3) is 66.4 Å². The Hall–Kier alpha value is -8.20. The molecule has 0 amide bonds. The fraction of sp³-hybridized carbons (Fsp3) is 0.0164. The number of furan rings is 1. The molecule has 11 aromatic rings. The van der Waals surface area contributed by atoms with Crippen molar-refractivity contribution in [2.24, 2.45) is 0 Å². The highest BCUT2D eigenvalue weighted by atomic mass is 16.3. The van der Waals surface area contributed by atoms with Gasteiger partial charge in [0.2, 0.25) is 0 Å². The number of benzene rings is 10. The molecule has 0 fully saturated rings. The summed E-state index contributed by atoms with van der Waals surface area (Å²) in [5.41, 5.74) is 18.5. The molecule has 63 heavy (non-hydrogen) atoms. The zero-order valence-electron chi connectivity index (χ0n) is 34.5. The molecule has 0 saturated heterocycles. The molecular weight excluding hydrogens is 763 g/mol. The molecule has 0 atom stereocenters. The summed E-state index contributed by atoms with van der Waals surface area (Å²) in [5.74, 6) is 0. The van der Waals surface area contributed by atoms with Crippen LogP contribution in [0.3, 0.4) is 0 Å². The van der Waals surface area contributed by atoms with Gasteiger partial charge in [-0.1, -0.05) is 206 Å². The monoisotopic (exact) mass is 803 g/mol. The summed E-state index contributed by atoms with van der Waals surface area (Å²) in [7, 11) is 0. The molecule has 0 radical (unpaired) electrons. The van der Waals surface area contributed by atoms with Crippen molar-refractivity contribution in [3.8, 4) is 44.5 Å². The van der Waals surface area contributed by atoms with Gasteiger partial charge in [0.25, 0.3) is 0 Å². The lowest BCUT2D eigenvalue weighted by atomic mass is 9.67. The number of anilines is 3. The third-order valence-electron chi connectivity index (χ3n) is 12.9. The molecule has 12 rings (SSSR count). The van der Waals surface area contributed by atoms with E-state index in [0.717, 1.165) is 50.1 Å². The zero-order valence-corrected chi connectivity index (χ0v) is 34.5. The van der Waals surface area contributed by atoms with Crippen molar-refractivity contribution in [1.82, 2.24) is 0 Å². The Kier molecular flexibility index (Phi) is 8.76. The highest BCUT2D eigenvalue weighted by molar-refractivity contribution is 6.19. The Labute approximate surface area is 367 Å². The minimum absolute atomic E-state index is 0.633. The molecule has 296 valence electrons. The van der Waals surface area contributed by atoms with E-state index in [1.165, 1.54) is 55.6 Å². The number of nitrogens with zero attached hydrogens (tertiary/aromatic N) is 1. The minimum Gasteiger partial charge on any atom is -0.456 e. The largest absolute Gasteiger partial charge is 0.456 e. The van der Waals surface area contributed by atoms with Crippen LogP contribution >= 0.6 is 0 Å². The van der Waals surface area contributed by atoms with Gasteiger partial charge in [0, 0.05) is 22.3 Å². The van der Waals surface area contributed by atoms with Crippen molar-refractivity contribution in [3.05, 3.63) is 271 Å². The van der Waals surface area contributed by atoms with E-state index in [1.807, 2.05) is 0 Å². The maximum absolute atomic E-state index is 7.19. The van der Waals surface area contributed by atoms with Crippen molar-refractivity contribution in [2.45, 2.75) is 5.41 Å². The third-order valence-corrected chi connectivity index (χ3v) is 12.9. The molecule has 10 aromatic carbocycles. The fourth-order valence-electron chi connectivity index (χ4n) is 10.1. The lowest BCUT2D eigenvalue weighted by molar-refractivity contribution is 0.666. The quantitative estimate of drug-likeness (QED) is 0.152. The van der Waals surface area contributed by atoms with Crippen molar-refractivity contribution < 1.29 is 4.42 Å². The van der Waals surface area contributed by atoms with Crippen LogP contribution in [0.2, 0.25) is 0 Å². The molecule has 2 heteroatoms. The minimum atomic E-state index is -0.633. The van der Waals surface area contributed by atoms with Gasteiger partial charge in [0.1, 0.15) is 11.2 Å². The average molecular weight is 804 g/mol. The van der Waals surface area contributed by atoms with Gasteiger partial charge in [-0.05, 0) is 104 Å². The van der Waals surface area contributed by atoms with E-state index < -0.39 is 5.41 Å². The third kappa shape index (κ3) is 5.95. The number of hydrogen-bond acceptors (Lipinski definition) is 2. The van der Waals surface area contributed by atoms with E-state index in [4.69, 9.17) is 4.42 Å². The van der Waals surface area contributed by atoms with E-state index in [0.29, 0.717) is 0 Å². The van der Waals surface area contributed by atoms with E-state index in [-0.39, 0.29) is 0 Å². The van der Waals surface area contributed by atoms with Crippen molar-refractivity contribution in [1.29, 1.82) is 0 Å². The molecule has 1 aliphatic rings. The van der Waals surface area contributed by atoms with Gasteiger partial charge in [0.15, 0.2) is 0 Å². The second-order valence-electron chi connectivity index (χ2n) is 16.4. The SMILES string of the molecule is c1ccc(-c2ccc(N(c3ccc(-c4ccccc4)cc3)c3c4c(cc5oc6cc(-c7ccccc7)ccc6c35)C(c3ccccc3)(c3ccccc3)c3ccccc3-4)cc2)cc1. The predicted molar refractivity (Wildman–Crippen MR) is 262 cm³/mol. The molecule has 0 N–H and O–H groups in total. The second kappa shape index (κ2) is 15.1. The summed E-state index contributed by atoms with van der Waals surface area (Å²) in [5, 5.41) is 2.15. The highest BCUT2D eigenvalue weighted by Gasteiger charge is 2.48. The van der Waals surface area contributed by atoms with E-state index >= 15 is 0 Å². The van der Waals surface area contributed by atoms with Gasteiger partial charge in [0.05, 0.1) is 16.5 Å². The summed E-state index contributed by atoms with van der Waals surface area (Å²) < 4.78 is 7.19. The van der Waals surface area contributed by atoms with Crippen LogP contribution in [0.1, 0.15) is 22.3 Å². The Balaban J connectivity index is 1.21. The molecule has 0 spiro atoms. The first-order valence-corrected chi connectivity index (χ1v) is 21.7. The summed E-state index contributed by atoms with van der Waals surface area (Å²) in [4.78, 5) is 2.48. The molecule has 0 unspecified atom stereocenters. The highest BCUT2D eigenvalue weighted by Crippen LogP contribution is 2.62. The van der Waals surface area contributed by atoms with Crippen LogP contribution in [0.15, 0.2) is 253 Å². The standard InChI is InChI=1S/C61H41NO/c1-6-18-42(19-7-1)45-30-35-50(36-31-45)62(51-37-32-46(33-38-51)43-20-8-2-9-21-43)60-58-52-28-16-17-29-54(52)61(48-24-12-4-13-25-48,49-26-14-5-15-27-49)55(58)41-57-59(60)53-39-34-47(40-56(53)63-57)44-22-10-3-11-23-44/h1-41H. The molecule has 0 saturated carbocycles. The van der Waals surface area contributed by atoms with Crippen LogP contribution in [0.5, 0.6) is 0 Å². The Morgan fingerprint density at radius 2 is 0.762 bits per heavy atom. The smallest absolute Gasteiger partial charge is 0.137 e. The predicted octanol–water partition coefficient (Wildman–Crippen LogP) is 16.4. The van der Waals surface area contributed by atoms with Gasteiger partial charge in [-0.15, -0.1) is 0 Å². The number of fused-ring (bicyclic) bond motifs is 6. The fourth-order valence-corrected chi connectivity index (χ4v) is 10.1. The summed E-state index contributed by atoms with van der Waals surface area (Å²) in [6, 6.07) is 90.1. The van der Waals surface area contributed by atoms with Gasteiger partial charge < -0.3 is 9.32 Å². The first-order chi connectivity index (χ1) is 31.3. The summed E-state index contributed by atoms with van der Waals surface area (Å²) >= 11 is 0. The molecular formula is C61H41NO. The Morgan fingerprint density at radius 1 is 0.333 bits per heavy atom. The molecule has 0 aliphatic heterocycles. The number of hydrogen-bond donors (Lipinski definition) is 0. The maximum atomic E-state index is 7.19. The summed E-state index contributed by atoms with van der Waals surface area (Å²) in [6.45, 7) is 0. The van der Waals surface area contributed by atoms with Gasteiger partial charge in [-0.25, -0.2) is 0 Å². The topological polar surface area (TPSA) is 16.4 Å². The zero-order chi connectivity index (χ0) is 41.7. The van der Waals surface area contributed by atoms with Gasteiger partial charge >= 0.3 is 0 Å². The second-order valence-corrected chi connectivity index (χ2v) is 16.4. The molecule has 2 nitrogen and oxygen atoms in total. The summed E-state index contributed by atoms with van der Waals surface area (Å²) in [6.07, 6.45) is 0. The van der Waals surface area contributed by atoms with Crippen LogP contribution in [0, 0.1) is 0 Å². The lowest BCUT2D eigenvalue weighted by Crippen LogP contribution is -2.28. The van der Waals surface area contributed by atoms with E-state index in [9.17, 15) is 0 Å². The molecule has 1 aliphatic carbocycles. The first kappa shape index (κ1) is 36.6. The van der Waals surface area contributed by atoms with Gasteiger partial charge in [-0.2, -0.15) is 0 Å². The average Bonchev–Trinajstić information content (AvgIpc) is 3.89. The Morgan fingerprint density at radius 3 is 1.29 bits per heavy atom. The Bertz CT molecular complexity index is 3270. The van der Waals surface area contributed by atoms with Crippen LogP contribution in [-0.2, 0) is 5.41 Å². The van der Waals surface area contributed by atoms with E-state index in [2.05, 4.69) is 254 Å². The van der Waals surface area contributed by atoms with Crippen molar-refractivity contribution in [3.63, 3.8) is 0 Å². The first-order valence-electron chi connectivity index (χ1n) is 21.7. The lowest BCUT2D eigenvalue weighted by Gasteiger charge is -2.34. The normalized spacial score (nSPS) is 12.6. The van der Waals surface area contributed by atoms with Crippen molar-refractivity contribution in [2.75, 3.05) is 4.90 Å². The number of rotatable bonds is 8. The maximum Gasteiger partial charge on any atom is 0.137 e. The van der Waals surface area contributed by atoms with Gasteiger partial charge in [-0.3, -0.25) is 0 Å². The van der Waals surface area contributed by atoms with Crippen molar-refractivity contribution >= 4 is 39.0 Å². The molecule has 1 aromatic heterocycles. The molecule has 1 heterocycles. The molecule has 0 bridgehead atoms. The van der Waals surface area contributed by atoms with E-state index in [1.54, 1.807) is 0 Å². The van der Waals surface area contributed by atoms with Crippen LogP contribution in [-0.4, -0.2) is 0 Å².